The van der Waals surface area contributed by atoms with Crippen molar-refractivity contribution in [2.24, 2.45) is 5.10 Å². The van der Waals surface area contributed by atoms with Gasteiger partial charge in [0.05, 0.1) is 11.8 Å². The van der Waals surface area contributed by atoms with E-state index in [4.69, 9.17) is 11.2 Å². The topological polar surface area (TPSA) is 63.6 Å². The summed E-state index contributed by atoms with van der Waals surface area (Å²) in [5.74, 6) is 2.72. The van der Waals surface area contributed by atoms with Gasteiger partial charge in [-0.1, -0.05) is 18.1 Å². The minimum absolute atomic E-state index is 0.207. The van der Waals surface area contributed by atoms with E-state index >= 15 is 0 Å². The molecule has 0 saturated heterocycles. The molecule has 2 rings (SSSR count). The predicted octanol–water partition coefficient (Wildman–Crippen LogP) is 1.86. The van der Waals surface area contributed by atoms with Crippen LogP contribution in [0.1, 0.15) is 15.9 Å². The Bertz CT molecular complexity index is 675. The summed E-state index contributed by atoms with van der Waals surface area (Å²) in [4.78, 5) is 15.6. The van der Waals surface area contributed by atoms with Gasteiger partial charge in [-0.2, -0.15) is 5.10 Å². The van der Waals surface area contributed by atoms with Gasteiger partial charge in [0, 0.05) is 12.4 Å². The van der Waals surface area contributed by atoms with Gasteiger partial charge in [0.1, 0.15) is 12.4 Å². The fourth-order valence-corrected chi connectivity index (χ4v) is 1.54. The first kappa shape index (κ1) is 14.3. The summed E-state index contributed by atoms with van der Waals surface area (Å²) in [5, 5.41) is 3.89. The molecule has 2 aromatic rings. The Hall–Kier alpha value is -3.13. The molecule has 0 aliphatic rings. The summed E-state index contributed by atoms with van der Waals surface area (Å²) in [6, 6.07) is 10.6. The van der Waals surface area contributed by atoms with E-state index < -0.39 is 0 Å². The van der Waals surface area contributed by atoms with Crippen LogP contribution in [0.2, 0.25) is 0 Å². The number of hydrogen-bond donors (Lipinski definition) is 1. The lowest BCUT2D eigenvalue weighted by Gasteiger charge is -2.02. The fraction of sp³-hybridized carbons (Fsp3) is 0.0625. The van der Waals surface area contributed by atoms with Gasteiger partial charge < -0.3 is 4.74 Å². The molecule has 0 saturated carbocycles. The third kappa shape index (κ3) is 4.48. The molecule has 0 radical (unpaired) electrons. The van der Waals surface area contributed by atoms with Crippen LogP contribution in [0.5, 0.6) is 5.75 Å². The highest BCUT2D eigenvalue weighted by Gasteiger charge is 2.02. The zero-order valence-electron chi connectivity index (χ0n) is 11.2. The Labute approximate surface area is 122 Å². The van der Waals surface area contributed by atoms with Crippen LogP contribution in [0.25, 0.3) is 0 Å². The lowest BCUT2D eigenvalue weighted by atomic mass is 10.2. The number of nitrogens with zero attached hydrogens (tertiary/aromatic N) is 2. The second-order valence-electron chi connectivity index (χ2n) is 4.01. The van der Waals surface area contributed by atoms with Crippen LogP contribution in [0.15, 0.2) is 53.9 Å². The molecular weight excluding hydrogens is 266 g/mol. The van der Waals surface area contributed by atoms with Crippen molar-refractivity contribution in [3.63, 3.8) is 0 Å². The normalized spacial score (nSPS) is 10.0. The number of pyridine rings is 1. The van der Waals surface area contributed by atoms with Gasteiger partial charge in [0.25, 0.3) is 5.91 Å². The summed E-state index contributed by atoms with van der Waals surface area (Å²) in [7, 11) is 0. The molecule has 1 heterocycles. The Morgan fingerprint density at radius 1 is 1.43 bits per heavy atom. The van der Waals surface area contributed by atoms with Gasteiger partial charge in [0.2, 0.25) is 0 Å². The van der Waals surface area contributed by atoms with Crippen molar-refractivity contribution in [3.05, 3.63) is 59.9 Å². The lowest BCUT2D eigenvalue weighted by molar-refractivity contribution is 0.0955. The van der Waals surface area contributed by atoms with Gasteiger partial charge in [-0.15, -0.1) is 6.42 Å². The second kappa shape index (κ2) is 7.46. The van der Waals surface area contributed by atoms with Gasteiger partial charge >= 0.3 is 0 Å². The van der Waals surface area contributed by atoms with Crippen LogP contribution < -0.4 is 10.2 Å². The molecule has 1 N–H and O–H groups in total. The molecule has 5 nitrogen and oxygen atoms in total. The van der Waals surface area contributed by atoms with Crippen molar-refractivity contribution in [2.45, 2.75) is 0 Å². The zero-order valence-corrected chi connectivity index (χ0v) is 11.2. The average Bonchev–Trinajstić information content (AvgIpc) is 2.54. The van der Waals surface area contributed by atoms with E-state index in [1.807, 2.05) is 12.1 Å². The number of terminal acetylenes is 1. The highest BCUT2D eigenvalue weighted by atomic mass is 16.5. The number of ether oxygens (including phenoxy) is 1. The molecule has 0 aliphatic heterocycles. The first-order valence-corrected chi connectivity index (χ1v) is 6.19. The molecule has 0 fully saturated rings. The SMILES string of the molecule is C#CCOc1cccc(C=NNC(=O)c2cccnc2)c1. The van der Waals surface area contributed by atoms with Gasteiger partial charge in [-0.3, -0.25) is 9.78 Å². The molecule has 0 unspecified atom stereocenters. The van der Waals surface area contributed by atoms with E-state index in [0.717, 1.165) is 5.56 Å². The third-order valence-corrected chi connectivity index (χ3v) is 2.48. The van der Waals surface area contributed by atoms with Crippen molar-refractivity contribution < 1.29 is 9.53 Å². The summed E-state index contributed by atoms with van der Waals surface area (Å²) < 4.78 is 5.30. The highest BCUT2D eigenvalue weighted by Crippen LogP contribution is 2.11. The fourth-order valence-electron chi connectivity index (χ4n) is 1.54. The minimum Gasteiger partial charge on any atom is -0.481 e. The summed E-state index contributed by atoms with van der Waals surface area (Å²) >= 11 is 0. The smallest absolute Gasteiger partial charge is 0.272 e. The van der Waals surface area contributed by atoms with E-state index in [0.29, 0.717) is 11.3 Å². The van der Waals surface area contributed by atoms with Crippen molar-refractivity contribution in [1.29, 1.82) is 0 Å². The average molecular weight is 279 g/mol. The zero-order chi connectivity index (χ0) is 14.9. The summed E-state index contributed by atoms with van der Waals surface area (Å²) in [6.45, 7) is 0.207. The van der Waals surface area contributed by atoms with Crippen molar-refractivity contribution in [1.82, 2.24) is 10.4 Å². The number of carbonyl (C=O) groups is 1. The predicted molar refractivity (Wildman–Crippen MR) is 80.1 cm³/mol. The Morgan fingerprint density at radius 2 is 2.33 bits per heavy atom. The van der Waals surface area contributed by atoms with Gasteiger partial charge in [-0.05, 0) is 29.8 Å². The first-order chi connectivity index (χ1) is 10.3. The maximum absolute atomic E-state index is 11.7. The van der Waals surface area contributed by atoms with Crippen molar-refractivity contribution in [2.75, 3.05) is 6.61 Å². The lowest BCUT2D eigenvalue weighted by Crippen LogP contribution is -2.17. The molecule has 21 heavy (non-hydrogen) atoms. The molecule has 5 heteroatoms. The van der Waals surface area contributed by atoms with Crippen LogP contribution >= 0.6 is 0 Å². The number of hydrazone groups is 1. The monoisotopic (exact) mass is 279 g/mol. The molecule has 1 aromatic heterocycles. The number of hydrogen-bond acceptors (Lipinski definition) is 4. The van der Waals surface area contributed by atoms with E-state index in [9.17, 15) is 4.79 Å². The van der Waals surface area contributed by atoms with E-state index in [1.165, 1.54) is 12.4 Å². The third-order valence-electron chi connectivity index (χ3n) is 2.48. The number of aromatic nitrogens is 1. The van der Waals surface area contributed by atoms with Crippen molar-refractivity contribution >= 4 is 12.1 Å². The first-order valence-electron chi connectivity index (χ1n) is 6.19. The number of rotatable bonds is 5. The largest absolute Gasteiger partial charge is 0.481 e. The van der Waals surface area contributed by atoms with Crippen LogP contribution in [-0.2, 0) is 0 Å². The Kier molecular flexibility index (Phi) is 5.07. The summed E-state index contributed by atoms with van der Waals surface area (Å²) in [5.41, 5.74) is 3.66. The second-order valence-corrected chi connectivity index (χ2v) is 4.01. The molecule has 1 aromatic carbocycles. The molecule has 0 aliphatic carbocycles. The van der Waals surface area contributed by atoms with Crippen LogP contribution in [0, 0.1) is 12.3 Å². The minimum atomic E-state index is -0.320. The molecule has 0 spiro atoms. The van der Waals surface area contributed by atoms with Gasteiger partial charge in [-0.25, -0.2) is 5.43 Å². The Morgan fingerprint density at radius 3 is 3.10 bits per heavy atom. The van der Waals surface area contributed by atoms with E-state index in [-0.39, 0.29) is 12.5 Å². The summed E-state index contributed by atoms with van der Waals surface area (Å²) in [6.07, 6.45) is 9.72. The highest BCUT2D eigenvalue weighted by molar-refractivity contribution is 5.94. The molecule has 1 amide bonds. The number of benzene rings is 1. The van der Waals surface area contributed by atoms with E-state index in [2.05, 4.69) is 21.4 Å². The molecular formula is C16H13N3O2. The van der Waals surface area contributed by atoms with Gasteiger partial charge in [0.15, 0.2) is 0 Å². The molecule has 104 valence electrons. The molecule has 0 bridgehead atoms. The standard InChI is InChI=1S/C16H13N3O2/c1-2-9-21-15-7-3-5-13(10-15)11-18-19-16(20)14-6-4-8-17-12-14/h1,3-8,10-12H,9H2,(H,19,20). The maximum atomic E-state index is 11.7. The van der Waals surface area contributed by atoms with Crippen molar-refractivity contribution in [3.8, 4) is 18.1 Å². The number of carbonyl (C=O) groups excluding carboxylic acids is 1. The Balaban J connectivity index is 1.95. The number of nitrogens with one attached hydrogen (secondary N) is 1. The molecule has 0 atom stereocenters. The van der Waals surface area contributed by atoms with Crippen LogP contribution in [0.3, 0.4) is 0 Å². The van der Waals surface area contributed by atoms with E-state index in [1.54, 1.807) is 30.5 Å². The maximum Gasteiger partial charge on any atom is 0.272 e. The quantitative estimate of drug-likeness (QED) is 0.516. The number of amides is 1. The van der Waals surface area contributed by atoms with Crippen LogP contribution in [-0.4, -0.2) is 23.7 Å². The van der Waals surface area contributed by atoms with Crippen LogP contribution in [0.4, 0.5) is 0 Å².